The molecule has 0 spiro atoms. The number of carbonyl (C=O) groups excluding carboxylic acids is 1. The molecule has 0 unspecified atom stereocenters. The summed E-state index contributed by atoms with van der Waals surface area (Å²) in [6.07, 6.45) is 4.53. The zero-order chi connectivity index (χ0) is 19.5. The molecule has 0 atom stereocenters. The maximum absolute atomic E-state index is 12.7. The second-order valence-corrected chi connectivity index (χ2v) is 7.89. The Kier molecular flexibility index (Phi) is 5.62. The second kappa shape index (κ2) is 8.31. The largest absolute Gasteiger partial charge is 0.462 e. The molecule has 0 bridgehead atoms. The Morgan fingerprint density at radius 3 is 2.93 bits per heavy atom. The zero-order valence-corrected chi connectivity index (χ0v) is 17.1. The second-order valence-electron chi connectivity index (χ2n) is 6.95. The van der Waals surface area contributed by atoms with Crippen LogP contribution in [0.4, 0.5) is 0 Å². The molecular formula is C21H24N4O2S. The number of thioether (sulfide) groups is 1. The minimum absolute atomic E-state index is 0.311. The first-order valence-electron chi connectivity index (χ1n) is 9.79. The number of carbonyl (C=O) groups is 1. The van der Waals surface area contributed by atoms with Crippen LogP contribution in [-0.2, 0) is 23.5 Å². The third kappa shape index (κ3) is 3.63. The monoisotopic (exact) mass is 396 g/mol. The molecule has 0 radical (unpaired) electrons. The van der Waals surface area contributed by atoms with Gasteiger partial charge in [0.25, 0.3) is 0 Å². The Bertz CT molecular complexity index is 1020. The molecule has 6 nitrogen and oxygen atoms in total. The Balaban J connectivity index is 1.69. The summed E-state index contributed by atoms with van der Waals surface area (Å²) in [4.78, 5) is 17.5. The fourth-order valence-electron chi connectivity index (χ4n) is 3.72. The molecule has 0 saturated carbocycles. The van der Waals surface area contributed by atoms with E-state index in [9.17, 15) is 4.79 Å². The van der Waals surface area contributed by atoms with E-state index in [1.165, 1.54) is 12.8 Å². The van der Waals surface area contributed by atoms with Crippen LogP contribution in [0.1, 0.15) is 53.6 Å². The lowest BCUT2D eigenvalue weighted by Gasteiger charge is -2.14. The van der Waals surface area contributed by atoms with Gasteiger partial charge in [-0.25, -0.2) is 4.79 Å². The Labute approximate surface area is 168 Å². The summed E-state index contributed by atoms with van der Waals surface area (Å²) in [5, 5.41) is 10.6. The Hall–Kier alpha value is -2.41. The molecule has 0 fully saturated rings. The third-order valence-electron chi connectivity index (χ3n) is 5.12. The van der Waals surface area contributed by atoms with E-state index in [2.05, 4.69) is 14.8 Å². The van der Waals surface area contributed by atoms with Crippen molar-refractivity contribution >= 4 is 28.6 Å². The number of nitrogens with zero attached hydrogens (tertiary/aromatic N) is 4. The van der Waals surface area contributed by atoms with Crippen molar-refractivity contribution in [1.82, 2.24) is 19.7 Å². The standard InChI is InChI=1S/C21H24N4O2S/c1-3-27-20(26)19-14(2)15-9-6-7-10-16(15)22-17(19)13-28-21-24-23-18-11-5-4-8-12-25(18)21/h6-7,9-10H,3-5,8,11-13H2,1-2H3. The molecule has 0 aliphatic carbocycles. The van der Waals surface area contributed by atoms with E-state index in [1.54, 1.807) is 11.8 Å². The van der Waals surface area contributed by atoms with Crippen LogP contribution in [0, 0.1) is 6.92 Å². The van der Waals surface area contributed by atoms with Gasteiger partial charge in [-0.05, 0) is 38.3 Å². The first-order valence-corrected chi connectivity index (χ1v) is 10.8. The molecule has 2 aromatic heterocycles. The van der Waals surface area contributed by atoms with Gasteiger partial charge >= 0.3 is 5.97 Å². The first-order chi connectivity index (χ1) is 13.7. The van der Waals surface area contributed by atoms with Crippen molar-refractivity contribution < 1.29 is 9.53 Å². The van der Waals surface area contributed by atoms with Crippen molar-refractivity contribution in [2.75, 3.05) is 6.61 Å². The normalized spacial score (nSPS) is 13.9. The van der Waals surface area contributed by atoms with Crippen LogP contribution in [0.3, 0.4) is 0 Å². The average Bonchev–Trinajstić information content (AvgIpc) is 2.92. The highest BCUT2D eigenvalue weighted by Gasteiger charge is 2.21. The summed E-state index contributed by atoms with van der Waals surface area (Å²) >= 11 is 1.59. The number of fused-ring (bicyclic) bond motifs is 2. The van der Waals surface area contributed by atoms with Gasteiger partial charge in [0, 0.05) is 24.1 Å². The van der Waals surface area contributed by atoms with E-state index in [1.807, 2.05) is 38.1 Å². The van der Waals surface area contributed by atoms with Crippen LogP contribution < -0.4 is 0 Å². The number of benzene rings is 1. The molecule has 3 heterocycles. The molecular weight excluding hydrogens is 372 g/mol. The highest BCUT2D eigenvalue weighted by molar-refractivity contribution is 7.98. The van der Waals surface area contributed by atoms with Crippen molar-refractivity contribution in [3.05, 3.63) is 46.9 Å². The summed E-state index contributed by atoms with van der Waals surface area (Å²) in [6, 6.07) is 7.91. The molecule has 0 amide bonds. The van der Waals surface area contributed by atoms with E-state index in [0.717, 1.165) is 52.5 Å². The van der Waals surface area contributed by atoms with E-state index in [0.29, 0.717) is 17.9 Å². The predicted molar refractivity (Wildman–Crippen MR) is 110 cm³/mol. The fraction of sp³-hybridized carbons (Fsp3) is 0.429. The summed E-state index contributed by atoms with van der Waals surface area (Å²) in [7, 11) is 0. The fourth-order valence-corrected chi connectivity index (χ4v) is 4.64. The SMILES string of the molecule is CCOC(=O)c1c(CSc2nnc3n2CCCCC3)nc2ccccc2c1C. The van der Waals surface area contributed by atoms with Gasteiger partial charge in [-0.1, -0.05) is 36.4 Å². The highest BCUT2D eigenvalue weighted by atomic mass is 32.2. The van der Waals surface area contributed by atoms with Crippen LogP contribution in [0.5, 0.6) is 0 Å². The van der Waals surface area contributed by atoms with Gasteiger partial charge in [0.05, 0.1) is 23.4 Å². The van der Waals surface area contributed by atoms with Gasteiger partial charge in [0.15, 0.2) is 5.16 Å². The van der Waals surface area contributed by atoms with Crippen LogP contribution in [0.25, 0.3) is 10.9 Å². The van der Waals surface area contributed by atoms with E-state index >= 15 is 0 Å². The minimum Gasteiger partial charge on any atom is -0.462 e. The van der Waals surface area contributed by atoms with Gasteiger partial charge < -0.3 is 9.30 Å². The molecule has 1 aliphatic heterocycles. The quantitative estimate of drug-likeness (QED) is 0.472. The Morgan fingerprint density at radius 1 is 1.21 bits per heavy atom. The molecule has 0 saturated heterocycles. The molecule has 28 heavy (non-hydrogen) atoms. The number of pyridine rings is 1. The number of rotatable bonds is 5. The van der Waals surface area contributed by atoms with Crippen LogP contribution in [0.2, 0.25) is 0 Å². The maximum Gasteiger partial charge on any atom is 0.340 e. The molecule has 146 valence electrons. The summed E-state index contributed by atoms with van der Waals surface area (Å²) in [5.74, 6) is 1.31. The summed E-state index contributed by atoms with van der Waals surface area (Å²) in [5.41, 5.74) is 3.12. The van der Waals surface area contributed by atoms with Gasteiger partial charge in [0.2, 0.25) is 0 Å². The lowest BCUT2D eigenvalue weighted by molar-refractivity contribution is 0.0524. The summed E-state index contributed by atoms with van der Waals surface area (Å²) < 4.78 is 7.54. The molecule has 7 heteroatoms. The van der Waals surface area contributed by atoms with Crippen molar-refractivity contribution in [2.45, 2.75) is 57.0 Å². The Morgan fingerprint density at radius 2 is 2.07 bits per heavy atom. The van der Waals surface area contributed by atoms with Gasteiger partial charge in [0.1, 0.15) is 5.82 Å². The molecule has 4 rings (SSSR count). The van der Waals surface area contributed by atoms with E-state index in [-0.39, 0.29) is 5.97 Å². The highest BCUT2D eigenvalue weighted by Crippen LogP contribution is 2.29. The molecule has 1 aromatic carbocycles. The number of hydrogen-bond donors (Lipinski definition) is 0. The van der Waals surface area contributed by atoms with Crippen molar-refractivity contribution in [3.8, 4) is 0 Å². The number of esters is 1. The van der Waals surface area contributed by atoms with E-state index in [4.69, 9.17) is 9.72 Å². The predicted octanol–water partition coefficient (Wildman–Crippen LogP) is 4.33. The lowest BCUT2D eigenvalue weighted by atomic mass is 10.0. The lowest BCUT2D eigenvalue weighted by Crippen LogP contribution is -2.12. The first kappa shape index (κ1) is 18.9. The van der Waals surface area contributed by atoms with Crippen molar-refractivity contribution in [1.29, 1.82) is 0 Å². The van der Waals surface area contributed by atoms with Crippen LogP contribution in [0.15, 0.2) is 29.4 Å². The van der Waals surface area contributed by atoms with Gasteiger partial charge in [-0.2, -0.15) is 0 Å². The van der Waals surface area contributed by atoms with E-state index < -0.39 is 0 Å². The third-order valence-corrected chi connectivity index (χ3v) is 6.10. The number of hydrogen-bond acceptors (Lipinski definition) is 6. The maximum atomic E-state index is 12.7. The van der Waals surface area contributed by atoms with Gasteiger partial charge in [-0.15, -0.1) is 10.2 Å². The molecule has 3 aromatic rings. The van der Waals surface area contributed by atoms with Gasteiger partial charge in [-0.3, -0.25) is 4.98 Å². The zero-order valence-electron chi connectivity index (χ0n) is 16.3. The summed E-state index contributed by atoms with van der Waals surface area (Å²) in [6.45, 7) is 5.09. The number of para-hydroxylation sites is 1. The number of ether oxygens (including phenoxy) is 1. The van der Waals surface area contributed by atoms with Crippen molar-refractivity contribution in [2.24, 2.45) is 0 Å². The minimum atomic E-state index is -0.311. The molecule has 0 N–H and O–H groups in total. The number of aryl methyl sites for hydroxylation is 2. The number of aromatic nitrogens is 4. The van der Waals surface area contributed by atoms with Crippen molar-refractivity contribution in [3.63, 3.8) is 0 Å². The molecule has 1 aliphatic rings. The van der Waals surface area contributed by atoms with Crippen LogP contribution in [-0.4, -0.2) is 32.3 Å². The average molecular weight is 397 g/mol. The van der Waals surface area contributed by atoms with Crippen LogP contribution >= 0.6 is 11.8 Å². The topological polar surface area (TPSA) is 69.9 Å². The smallest absolute Gasteiger partial charge is 0.340 e.